The predicted molar refractivity (Wildman–Crippen MR) is 79.0 cm³/mol. The molecule has 0 amide bonds. The van der Waals surface area contributed by atoms with E-state index in [-0.39, 0.29) is 0 Å². The largest absolute Gasteiger partial charge is 0.306 e. The average molecular weight is 263 g/mol. The summed E-state index contributed by atoms with van der Waals surface area (Å²) < 4.78 is 0. The van der Waals surface area contributed by atoms with Crippen LogP contribution >= 0.6 is 11.3 Å². The molecule has 1 aromatic heterocycles. The van der Waals surface area contributed by atoms with Gasteiger partial charge in [-0.2, -0.15) is 0 Å². The first kappa shape index (κ1) is 12.7. The van der Waals surface area contributed by atoms with Crippen molar-refractivity contribution in [3.63, 3.8) is 0 Å². The lowest BCUT2D eigenvalue weighted by molar-refractivity contribution is 0.303. The molecule has 1 aromatic rings. The fourth-order valence-electron chi connectivity index (χ4n) is 3.83. The topological polar surface area (TPSA) is 12.0 Å². The second-order valence-electron chi connectivity index (χ2n) is 6.22. The van der Waals surface area contributed by atoms with Crippen LogP contribution in [0.15, 0.2) is 17.5 Å². The molecular formula is C16H25NS. The first-order valence-corrected chi connectivity index (χ1v) is 8.52. The third kappa shape index (κ3) is 2.65. The zero-order valence-corrected chi connectivity index (χ0v) is 12.2. The van der Waals surface area contributed by atoms with Gasteiger partial charge in [0.05, 0.1) is 0 Å². The van der Waals surface area contributed by atoms with Gasteiger partial charge >= 0.3 is 0 Å². The van der Waals surface area contributed by atoms with E-state index in [0.29, 0.717) is 6.04 Å². The molecule has 0 saturated heterocycles. The van der Waals surface area contributed by atoms with E-state index < -0.39 is 0 Å². The normalized spacial score (nSPS) is 30.9. The van der Waals surface area contributed by atoms with Crippen molar-refractivity contribution in [3.8, 4) is 0 Å². The maximum atomic E-state index is 4.02. The lowest BCUT2D eigenvalue weighted by atomic mass is 9.94. The lowest BCUT2D eigenvalue weighted by Crippen LogP contribution is -2.37. The summed E-state index contributed by atoms with van der Waals surface area (Å²) in [5, 5.41) is 6.25. The van der Waals surface area contributed by atoms with Gasteiger partial charge in [-0.15, -0.1) is 11.3 Å². The van der Waals surface area contributed by atoms with Gasteiger partial charge in [-0.3, -0.25) is 0 Å². The third-order valence-electron chi connectivity index (χ3n) is 4.98. The molecule has 3 rings (SSSR count). The average Bonchev–Trinajstić information content (AvgIpc) is 3.09. The summed E-state index contributed by atoms with van der Waals surface area (Å²) in [5.74, 6) is 1.75. The Balaban J connectivity index is 1.72. The molecule has 2 aliphatic rings. The quantitative estimate of drug-likeness (QED) is 0.826. The summed E-state index contributed by atoms with van der Waals surface area (Å²) in [5.41, 5.74) is 0. The monoisotopic (exact) mass is 263 g/mol. The SMILES string of the molecule is CC1CCCC1NC(c1cccs1)C1CCCC1. The van der Waals surface area contributed by atoms with E-state index >= 15 is 0 Å². The molecule has 3 unspecified atom stereocenters. The van der Waals surface area contributed by atoms with Gasteiger partial charge in [0.25, 0.3) is 0 Å². The lowest BCUT2D eigenvalue weighted by Gasteiger charge is -2.29. The summed E-state index contributed by atoms with van der Waals surface area (Å²) in [6.07, 6.45) is 9.95. The van der Waals surface area contributed by atoms with Crippen molar-refractivity contribution in [2.75, 3.05) is 0 Å². The highest BCUT2D eigenvalue weighted by Gasteiger charge is 2.32. The molecule has 0 aliphatic heterocycles. The van der Waals surface area contributed by atoms with E-state index in [1.54, 1.807) is 4.88 Å². The van der Waals surface area contributed by atoms with Crippen molar-refractivity contribution >= 4 is 11.3 Å². The fraction of sp³-hybridized carbons (Fsp3) is 0.750. The number of rotatable bonds is 4. The summed E-state index contributed by atoms with van der Waals surface area (Å²) in [4.78, 5) is 1.57. The second-order valence-corrected chi connectivity index (χ2v) is 7.20. The molecule has 100 valence electrons. The second kappa shape index (κ2) is 5.75. The van der Waals surface area contributed by atoms with E-state index in [1.165, 1.54) is 44.9 Å². The van der Waals surface area contributed by atoms with Crippen LogP contribution in [0.25, 0.3) is 0 Å². The smallest absolute Gasteiger partial charge is 0.0445 e. The van der Waals surface area contributed by atoms with E-state index in [1.807, 2.05) is 11.3 Å². The van der Waals surface area contributed by atoms with E-state index in [4.69, 9.17) is 0 Å². The van der Waals surface area contributed by atoms with Crippen molar-refractivity contribution < 1.29 is 0 Å². The molecule has 3 atom stereocenters. The molecule has 2 heteroatoms. The molecule has 0 aromatic carbocycles. The van der Waals surface area contributed by atoms with Crippen LogP contribution in [-0.4, -0.2) is 6.04 Å². The standard InChI is InChI=1S/C16H25NS/c1-12-6-4-9-14(12)17-16(13-7-2-3-8-13)15-10-5-11-18-15/h5,10-14,16-17H,2-4,6-9H2,1H3. The maximum absolute atomic E-state index is 4.02. The minimum Gasteiger partial charge on any atom is -0.306 e. The van der Waals surface area contributed by atoms with Crippen LogP contribution in [0.1, 0.15) is 62.8 Å². The Morgan fingerprint density at radius 3 is 2.61 bits per heavy atom. The summed E-state index contributed by atoms with van der Waals surface area (Å²) in [6.45, 7) is 2.42. The third-order valence-corrected chi connectivity index (χ3v) is 5.93. The van der Waals surface area contributed by atoms with Crippen LogP contribution in [0.4, 0.5) is 0 Å². The minimum atomic E-state index is 0.637. The predicted octanol–water partition coefficient (Wildman–Crippen LogP) is 4.76. The fourth-order valence-corrected chi connectivity index (χ4v) is 4.71. The van der Waals surface area contributed by atoms with Crippen molar-refractivity contribution in [1.29, 1.82) is 0 Å². The van der Waals surface area contributed by atoms with Gasteiger partial charge < -0.3 is 5.32 Å². The first-order chi connectivity index (χ1) is 8.84. The Labute approximate surface area is 115 Å². The van der Waals surface area contributed by atoms with Gasteiger partial charge in [-0.1, -0.05) is 32.3 Å². The van der Waals surface area contributed by atoms with Crippen LogP contribution in [0, 0.1) is 11.8 Å². The van der Waals surface area contributed by atoms with Gasteiger partial charge in [0, 0.05) is 17.0 Å². The summed E-state index contributed by atoms with van der Waals surface area (Å²) in [6, 6.07) is 5.94. The van der Waals surface area contributed by atoms with Crippen molar-refractivity contribution in [2.45, 2.75) is 64.0 Å². The Hall–Kier alpha value is -0.340. The highest BCUT2D eigenvalue weighted by Crippen LogP contribution is 2.39. The Morgan fingerprint density at radius 1 is 1.17 bits per heavy atom. The molecule has 1 nitrogen and oxygen atoms in total. The van der Waals surface area contributed by atoms with Crippen molar-refractivity contribution in [1.82, 2.24) is 5.32 Å². The molecule has 2 aliphatic carbocycles. The molecular weight excluding hydrogens is 238 g/mol. The molecule has 0 bridgehead atoms. The van der Waals surface area contributed by atoms with Crippen LogP contribution in [0.2, 0.25) is 0 Å². The summed E-state index contributed by atoms with van der Waals surface area (Å²) >= 11 is 1.94. The van der Waals surface area contributed by atoms with E-state index in [2.05, 4.69) is 29.8 Å². The minimum absolute atomic E-state index is 0.637. The van der Waals surface area contributed by atoms with Crippen molar-refractivity contribution in [2.24, 2.45) is 11.8 Å². The Bertz CT molecular complexity index is 353. The number of hydrogen-bond donors (Lipinski definition) is 1. The van der Waals surface area contributed by atoms with Crippen molar-refractivity contribution in [3.05, 3.63) is 22.4 Å². The van der Waals surface area contributed by atoms with Crippen LogP contribution in [0.5, 0.6) is 0 Å². The summed E-state index contributed by atoms with van der Waals surface area (Å²) in [7, 11) is 0. The van der Waals surface area contributed by atoms with E-state index in [9.17, 15) is 0 Å². The first-order valence-electron chi connectivity index (χ1n) is 7.64. The van der Waals surface area contributed by atoms with Crippen LogP contribution in [0.3, 0.4) is 0 Å². The molecule has 1 heterocycles. The van der Waals surface area contributed by atoms with Gasteiger partial charge in [0.15, 0.2) is 0 Å². The van der Waals surface area contributed by atoms with Gasteiger partial charge in [0.2, 0.25) is 0 Å². The molecule has 2 saturated carbocycles. The number of thiophene rings is 1. The van der Waals surface area contributed by atoms with Crippen LogP contribution < -0.4 is 5.32 Å². The zero-order valence-electron chi connectivity index (χ0n) is 11.4. The maximum Gasteiger partial charge on any atom is 0.0445 e. The zero-order chi connectivity index (χ0) is 12.4. The number of hydrogen-bond acceptors (Lipinski definition) is 2. The van der Waals surface area contributed by atoms with Gasteiger partial charge in [0.1, 0.15) is 0 Å². The highest BCUT2D eigenvalue weighted by atomic mass is 32.1. The van der Waals surface area contributed by atoms with Gasteiger partial charge in [-0.05, 0) is 49.0 Å². The molecule has 0 spiro atoms. The highest BCUT2D eigenvalue weighted by molar-refractivity contribution is 7.10. The molecule has 0 radical (unpaired) electrons. The Morgan fingerprint density at radius 2 is 2.00 bits per heavy atom. The van der Waals surface area contributed by atoms with Crippen LogP contribution in [-0.2, 0) is 0 Å². The van der Waals surface area contributed by atoms with E-state index in [0.717, 1.165) is 17.9 Å². The molecule has 2 fully saturated rings. The number of nitrogens with one attached hydrogen (secondary N) is 1. The Kier molecular flexibility index (Phi) is 4.05. The molecule has 18 heavy (non-hydrogen) atoms. The molecule has 1 N–H and O–H groups in total. The van der Waals surface area contributed by atoms with Gasteiger partial charge in [-0.25, -0.2) is 0 Å².